The summed E-state index contributed by atoms with van der Waals surface area (Å²) in [6, 6.07) is 11.8. The van der Waals surface area contributed by atoms with Gasteiger partial charge in [-0.3, -0.25) is 4.79 Å². The summed E-state index contributed by atoms with van der Waals surface area (Å²) in [4.78, 5) is 13.8. The number of rotatable bonds is 9. The maximum atomic E-state index is 14.2. The highest BCUT2D eigenvalue weighted by Crippen LogP contribution is 2.31. The number of carbonyl (C=O) groups excluding carboxylic acids is 1. The van der Waals surface area contributed by atoms with Crippen LogP contribution in [0.3, 0.4) is 0 Å². The van der Waals surface area contributed by atoms with E-state index in [0.717, 1.165) is 17.9 Å². The fourth-order valence-electron chi connectivity index (χ4n) is 3.50. The third-order valence-corrected chi connectivity index (χ3v) is 5.12. The average Bonchev–Trinajstić information content (AvgIpc) is 3.05. The van der Waals surface area contributed by atoms with Gasteiger partial charge in [0.05, 0.1) is 5.56 Å². The monoisotopic (exact) mass is 424 g/mol. The molecule has 1 fully saturated rings. The summed E-state index contributed by atoms with van der Waals surface area (Å²) in [6.45, 7) is 1.78. The first-order valence-electron chi connectivity index (χ1n) is 9.88. The number of alkyl halides is 3. The lowest BCUT2D eigenvalue weighted by molar-refractivity contribution is -0.138. The van der Waals surface area contributed by atoms with Crippen LogP contribution in [0.1, 0.15) is 30.4 Å². The van der Waals surface area contributed by atoms with Gasteiger partial charge in [0.15, 0.2) is 0 Å². The van der Waals surface area contributed by atoms with Crippen LogP contribution in [0.2, 0.25) is 0 Å². The van der Waals surface area contributed by atoms with E-state index in [2.05, 4.69) is 5.32 Å². The molecule has 2 aromatic carbocycles. The number of ether oxygens (including phenoxy) is 1. The number of nitrogens with zero attached hydrogens (tertiary/aromatic N) is 1. The average molecular weight is 424 g/mol. The number of para-hydroxylation sites is 1. The third kappa shape index (κ3) is 5.95. The fourth-order valence-corrected chi connectivity index (χ4v) is 3.50. The van der Waals surface area contributed by atoms with Gasteiger partial charge in [-0.15, -0.1) is 0 Å². The molecule has 1 saturated heterocycles. The fraction of sp³-hybridized carbons (Fsp3) is 0.409. The van der Waals surface area contributed by atoms with E-state index in [4.69, 9.17) is 4.74 Å². The molecule has 1 N–H and O–H groups in total. The van der Waals surface area contributed by atoms with Crippen LogP contribution >= 0.6 is 0 Å². The second-order valence-electron chi connectivity index (χ2n) is 7.22. The van der Waals surface area contributed by atoms with Gasteiger partial charge in [0, 0.05) is 31.1 Å². The molecule has 1 heterocycles. The van der Waals surface area contributed by atoms with E-state index in [0.29, 0.717) is 45.0 Å². The van der Waals surface area contributed by atoms with Crippen molar-refractivity contribution in [2.45, 2.75) is 38.0 Å². The molecule has 2 aromatic rings. The molecule has 162 valence electrons. The first-order chi connectivity index (χ1) is 14.3. The summed E-state index contributed by atoms with van der Waals surface area (Å²) in [7, 11) is 0. The molecule has 3 rings (SSSR count). The minimum atomic E-state index is -4.60. The summed E-state index contributed by atoms with van der Waals surface area (Å²) in [5, 5.41) is 3.26. The van der Waals surface area contributed by atoms with E-state index in [1.807, 2.05) is 30.3 Å². The summed E-state index contributed by atoms with van der Waals surface area (Å²) in [5.74, 6) is -0.253. The van der Waals surface area contributed by atoms with Gasteiger partial charge in [0.25, 0.3) is 0 Å². The van der Waals surface area contributed by atoms with Crippen molar-refractivity contribution in [2.24, 2.45) is 0 Å². The van der Waals surface area contributed by atoms with E-state index in [9.17, 15) is 22.4 Å². The lowest BCUT2D eigenvalue weighted by Gasteiger charge is -2.25. The lowest BCUT2D eigenvalue weighted by Crippen LogP contribution is -2.35. The zero-order valence-electron chi connectivity index (χ0n) is 16.4. The highest BCUT2D eigenvalue weighted by Gasteiger charge is 2.33. The van der Waals surface area contributed by atoms with E-state index in [-0.39, 0.29) is 24.1 Å². The van der Waals surface area contributed by atoms with E-state index < -0.39 is 17.6 Å². The first kappa shape index (κ1) is 22.1. The normalized spacial score (nSPS) is 16.9. The zero-order valence-corrected chi connectivity index (χ0v) is 16.4. The molecule has 0 bridgehead atoms. The Morgan fingerprint density at radius 3 is 2.57 bits per heavy atom. The largest absolute Gasteiger partial charge is 0.492 e. The Bertz CT molecular complexity index is 843. The molecule has 1 unspecified atom stereocenters. The van der Waals surface area contributed by atoms with Crippen LogP contribution in [-0.4, -0.2) is 36.5 Å². The molecular formula is C22H24F4N2O2. The van der Waals surface area contributed by atoms with Crippen molar-refractivity contribution in [3.05, 3.63) is 65.5 Å². The van der Waals surface area contributed by atoms with Crippen LogP contribution < -0.4 is 10.1 Å². The molecule has 0 spiro atoms. The quantitative estimate of drug-likeness (QED) is 0.480. The number of hydrogen-bond acceptors (Lipinski definition) is 3. The number of carbonyl (C=O) groups is 1. The first-order valence-corrected chi connectivity index (χ1v) is 9.88. The highest BCUT2D eigenvalue weighted by molar-refractivity contribution is 5.78. The van der Waals surface area contributed by atoms with Crippen molar-refractivity contribution in [3.8, 4) is 5.75 Å². The van der Waals surface area contributed by atoms with Gasteiger partial charge < -0.3 is 15.0 Å². The van der Waals surface area contributed by atoms with Gasteiger partial charge in [0.1, 0.15) is 18.2 Å². The molecule has 0 saturated carbocycles. The SMILES string of the molecule is O=C1CCC(CCNCCOc2ccccc2)N1Cc1ccc(C(F)(F)F)cc1F. The minimum Gasteiger partial charge on any atom is -0.492 e. The highest BCUT2D eigenvalue weighted by atomic mass is 19.4. The van der Waals surface area contributed by atoms with E-state index >= 15 is 0 Å². The topological polar surface area (TPSA) is 41.6 Å². The molecule has 8 heteroatoms. The molecule has 1 atom stereocenters. The number of halogens is 4. The van der Waals surface area contributed by atoms with Crippen molar-refractivity contribution in [1.29, 1.82) is 0 Å². The number of amides is 1. The Balaban J connectivity index is 1.46. The van der Waals surface area contributed by atoms with E-state index in [1.54, 1.807) is 4.90 Å². The van der Waals surface area contributed by atoms with Gasteiger partial charge in [0.2, 0.25) is 5.91 Å². The molecule has 4 nitrogen and oxygen atoms in total. The predicted octanol–water partition coefficient (Wildman–Crippen LogP) is 4.39. The molecular weight excluding hydrogens is 400 g/mol. The summed E-state index contributed by atoms with van der Waals surface area (Å²) in [5.41, 5.74) is -0.942. The molecule has 1 aliphatic rings. The number of nitrogens with one attached hydrogen (secondary N) is 1. The van der Waals surface area contributed by atoms with Crippen molar-refractivity contribution >= 4 is 5.91 Å². The van der Waals surface area contributed by atoms with Crippen LogP contribution in [0.5, 0.6) is 5.75 Å². The summed E-state index contributed by atoms with van der Waals surface area (Å²) < 4.78 is 57.9. The second-order valence-corrected chi connectivity index (χ2v) is 7.22. The van der Waals surface area contributed by atoms with Gasteiger partial charge in [-0.25, -0.2) is 4.39 Å². The number of benzene rings is 2. The zero-order chi connectivity index (χ0) is 21.6. The van der Waals surface area contributed by atoms with Crippen LogP contribution in [-0.2, 0) is 17.5 Å². The van der Waals surface area contributed by atoms with Crippen molar-refractivity contribution in [3.63, 3.8) is 0 Å². The predicted molar refractivity (Wildman–Crippen MR) is 104 cm³/mol. The Kier molecular flexibility index (Phi) is 7.31. The minimum absolute atomic E-state index is 0.0232. The van der Waals surface area contributed by atoms with E-state index in [1.165, 1.54) is 0 Å². The van der Waals surface area contributed by atoms with Gasteiger partial charge >= 0.3 is 6.18 Å². The molecule has 1 aliphatic heterocycles. The molecule has 0 radical (unpaired) electrons. The van der Waals surface area contributed by atoms with Gasteiger partial charge in [-0.1, -0.05) is 24.3 Å². The third-order valence-electron chi connectivity index (χ3n) is 5.12. The van der Waals surface area contributed by atoms with Crippen LogP contribution in [0.15, 0.2) is 48.5 Å². The Hall–Kier alpha value is -2.61. The maximum Gasteiger partial charge on any atom is 0.416 e. The Labute approximate surface area is 172 Å². The van der Waals surface area contributed by atoms with Crippen LogP contribution in [0, 0.1) is 5.82 Å². The van der Waals surface area contributed by atoms with Gasteiger partial charge in [-0.05, 0) is 43.7 Å². The molecule has 1 amide bonds. The molecule has 30 heavy (non-hydrogen) atoms. The smallest absolute Gasteiger partial charge is 0.416 e. The maximum absolute atomic E-state index is 14.2. The summed E-state index contributed by atoms with van der Waals surface area (Å²) >= 11 is 0. The second kappa shape index (κ2) is 9.93. The van der Waals surface area contributed by atoms with Crippen molar-refractivity contribution < 1.29 is 27.1 Å². The van der Waals surface area contributed by atoms with Crippen LogP contribution in [0.4, 0.5) is 17.6 Å². The Morgan fingerprint density at radius 1 is 1.10 bits per heavy atom. The number of likely N-dealkylation sites (tertiary alicyclic amines) is 1. The lowest BCUT2D eigenvalue weighted by atomic mass is 10.1. The van der Waals surface area contributed by atoms with Crippen molar-refractivity contribution in [1.82, 2.24) is 10.2 Å². The standard InChI is InChI=1S/C22H24F4N2O2/c23-20-14-17(22(24,25)26)7-6-16(20)15-28-18(8-9-21(28)29)10-11-27-12-13-30-19-4-2-1-3-5-19/h1-7,14,18,27H,8-13,15H2. The Morgan fingerprint density at radius 2 is 1.87 bits per heavy atom. The van der Waals surface area contributed by atoms with Crippen LogP contribution in [0.25, 0.3) is 0 Å². The molecule has 0 aliphatic carbocycles. The van der Waals surface area contributed by atoms with Gasteiger partial charge in [-0.2, -0.15) is 13.2 Å². The summed E-state index contributed by atoms with van der Waals surface area (Å²) in [6.07, 6.45) is -2.89. The van der Waals surface area contributed by atoms with Crippen molar-refractivity contribution in [2.75, 3.05) is 19.7 Å². The number of hydrogen-bond donors (Lipinski definition) is 1. The molecule has 0 aromatic heterocycles.